The van der Waals surface area contributed by atoms with Crippen molar-refractivity contribution < 1.29 is 4.74 Å². The van der Waals surface area contributed by atoms with Crippen LogP contribution in [0, 0.1) is 5.92 Å². The number of rotatable bonds is 6. The molecule has 0 atom stereocenters. The molecule has 0 bridgehead atoms. The molecule has 112 valence electrons. The van der Waals surface area contributed by atoms with Crippen LogP contribution in [0.25, 0.3) is 0 Å². The minimum absolute atomic E-state index is 0.657. The zero-order valence-electron chi connectivity index (χ0n) is 13.1. The van der Waals surface area contributed by atoms with Gasteiger partial charge in [0.25, 0.3) is 0 Å². The molecule has 1 aromatic rings. The number of hydrogen-bond donors (Lipinski definition) is 1. The van der Waals surface area contributed by atoms with Crippen LogP contribution < -0.4 is 10.1 Å². The molecule has 1 saturated heterocycles. The fourth-order valence-corrected chi connectivity index (χ4v) is 2.88. The molecule has 1 N–H and O–H groups in total. The van der Waals surface area contributed by atoms with Gasteiger partial charge in [-0.3, -0.25) is 0 Å². The van der Waals surface area contributed by atoms with Crippen LogP contribution in [0.5, 0.6) is 5.75 Å². The molecule has 1 fully saturated rings. The van der Waals surface area contributed by atoms with Crippen LogP contribution in [0.1, 0.15) is 32.3 Å². The monoisotopic (exact) mass is 276 g/mol. The van der Waals surface area contributed by atoms with E-state index in [1.807, 2.05) is 6.07 Å². The van der Waals surface area contributed by atoms with Gasteiger partial charge in [0, 0.05) is 19.1 Å². The lowest BCUT2D eigenvalue weighted by molar-refractivity contribution is 0.179. The number of ether oxygens (including phenoxy) is 1. The van der Waals surface area contributed by atoms with Crippen molar-refractivity contribution >= 4 is 0 Å². The smallest absolute Gasteiger partial charge is 0.119 e. The summed E-state index contributed by atoms with van der Waals surface area (Å²) in [6, 6.07) is 8.98. The SMILES string of the molecule is COc1cccc(CNC2CCN(CC(C)C)CC2)c1. The lowest BCUT2D eigenvalue weighted by atomic mass is 10.0. The zero-order valence-corrected chi connectivity index (χ0v) is 13.1. The van der Waals surface area contributed by atoms with Gasteiger partial charge in [0.05, 0.1) is 7.11 Å². The van der Waals surface area contributed by atoms with Crippen molar-refractivity contribution in [1.29, 1.82) is 0 Å². The van der Waals surface area contributed by atoms with E-state index in [4.69, 9.17) is 4.74 Å². The van der Waals surface area contributed by atoms with E-state index in [-0.39, 0.29) is 0 Å². The first-order valence-electron chi connectivity index (χ1n) is 7.76. The van der Waals surface area contributed by atoms with E-state index >= 15 is 0 Å². The summed E-state index contributed by atoms with van der Waals surface area (Å²) in [5.74, 6) is 1.72. The summed E-state index contributed by atoms with van der Waals surface area (Å²) >= 11 is 0. The van der Waals surface area contributed by atoms with E-state index in [9.17, 15) is 0 Å². The maximum Gasteiger partial charge on any atom is 0.119 e. The summed E-state index contributed by atoms with van der Waals surface area (Å²) in [7, 11) is 1.72. The van der Waals surface area contributed by atoms with E-state index in [0.717, 1.165) is 18.2 Å². The second kappa shape index (κ2) is 7.65. The summed E-state index contributed by atoms with van der Waals surface area (Å²) in [6.07, 6.45) is 2.52. The lowest BCUT2D eigenvalue weighted by Gasteiger charge is -2.33. The Hall–Kier alpha value is -1.06. The van der Waals surface area contributed by atoms with Crippen LogP contribution >= 0.6 is 0 Å². The molecule has 1 aromatic carbocycles. The third-order valence-corrected chi connectivity index (χ3v) is 3.94. The van der Waals surface area contributed by atoms with Crippen LogP contribution in [0.4, 0.5) is 0 Å². The molecule has 0 aromatic heterocycles. The Bertz CT molecular complexity index is 398. The van der Waals surface area contributed by atoms with Crippen molar-refractivity contribution in [2.24, 2.45) is 5.92 Å². The molecule has 2 rings (SSSR count). The highest BCUT2D eigenvalue weighted by Crippen LogP contribution is 2.15. The van der Waals surface area contributed by atoms with Gasteiger partial charge in [-0.25, -0.2) is 0 Å². The molecule has 1 heterocycles. The average molecular weight is 276 g/mol. The fraction of sp³-hybridized carbons (Fsp3) is 0.647. The van der Waals surface area contributed by atoms with E-state index in [1.54, 1.807) is 7.11 Å². The summed E-state index contributed by atoms with van der Waals surface area (Å²) in [4.78, 5) is 2.59. The van der Waals surface area contributed by atoms with Crippen molar-refractivity contribution in [3.63, 3.8) is 0 Å². The minimum atomic E-state index is 0.657. The Morgan fingerprint density at radius 2 is 2.05 bits per heavy atom. The zero-order chi connectivity index (χ0) is 14.4. The first kappa shape index (κ1) is 15.3. The summed E-state index contributed by atoms with van der Waals surface area (Å²) in [5, 5.41) is 3.68. The number of piperidine rings is 1. The van der Waals surface area contributed by atoms with Crippen LogP contribution in [-0.2, 0) is 6.54 Å². The quantitative estimate of drug-likeness (QED) is 0.864. The minimum Gasteiger partial charge on any atom is -0.497 e. The Kier molecular flexibility index (Phi) is 5.86. The molecule has 0 spiro atoms. The molecule has 0 amide bonds. The third kappa shape index (κ3) is 4.80. The maximum atomic E-state index is 5.26. The first-order chi connectivity index (χ1) is 9.67. The number of nitrogens with one attached hydrogen (secondary N) is 1. The van der Waals surface area contributed by atoms with Gasteiger partial charge in [0.15, 0.2) is 0 Å². The van der Waals surface area contributed by atoms with Crippen LogP contribution in [0.15, 0.2) is 24.3 Å². The number of nitrogens with zero attached hydrogens (tertiary/aromatic N) is 1. The molecular formula is C17H28N2O. The molecule has 20 heavy (non-hydrogen) atoms. The molecule has 0 saturated carbocycles. The summed E-state index contributed by atoms with van der Waals surface area (Å²) < 4.78 is 5.26. The molecule has 0 aliphatic carbocycles. The summed E-state index contributed by atoms with van der Waals surface area (Å²) in [6.45, 7) is 9.23. The van der Waals surface area contributed by atoms with Gasteiger partial charge in [-0.2, -0.15) is 0 Å². The van der Waals surface area contributed by atoms with Crippen LogP contribution in [0.2, 0.25) is 0 Å². The highest BCUT2D eigenvalue weighted by molar-refractivity contribution is 5.28. The Morgan fingerprint density at radius 1 is 1.30 bits per heavy atom. The van der Waals surface area contributed by atoms with Gasteiger partial charge in [-0.05, 0) is 49.5 Å². The molecule has 3 heteroatoms. The van der Waals surface area contributed by atoms with Gasteiger partial charge < -0.3 is 15.0 Å². The number of methoxy groups -OCH3 is 1. The predicted octanol–water partition coefficient (Wildman–Crippen LogP) is 2.91. The van der Waals surface area contributed by atoms with E-state index in [0.29, 0.717) is 6.04 Å². The van der Waals surface area contributed by atoms with Gasteiger partial charge in [-0.15, -0.1) is 0 Å². The summed E-state index contributed by atoms with van der Waals surface area (Å²) in [5.41, 5.74) is 1.30. The van der Waals surface area contributed by atoms with Crippen molar-refractivity contribution in [3.05, 3.63) is 29.8 Å². The lowest BCUT2D eigenvalue weighted by Crippen LogP contribution is -2.43. The fourth-order valence-electron chi connectivity index (χ4n) is 2.88. The molecule has 1 aliphatic heterocycles. The Labute approximate surface area is 123 Å². The van der Waals surface area contributed by atoms with Gasteiger partial charge in [-0.1, -0.05) is 26.0 Å². The molecule has 0 unspecified atom stereocenters. The second-order valence-corrected chi connectivity index (χ2v) is 6.20. The first-order valence-corrected chi connectivity index (χ1v) is 7.76. The van der Waals surface area contributed by atoms with E-state index < -0.39 is 0 Å². The van der Waals surface area contributed by atoms with Crippen molar-refractivity contribution in [1.82, 2.24) is 10.2 Å². The van der Waals surface area contributed by atoms with E-state index in [1.165, 1.54) is 38.0 Å². The van der Waals surface area contributed by atoms with Crippen molar-refractivity contribution in [2.75, 3.05) is 26.7 Å². The van der Waals surface area contributed by atoms with Crippen molar-refractivity contribution in [3.8, 4) is 5.75 Å². The molecule has 0 radical (unpaired) electrons. The maximum absolute atomic E-state index is 5.26. The van der Waals surface area contributed by atoms with E-state index in [2.05, 4.69) is 42.3 Å². The van der Waals surface area contributed by atoms with Gasteiger partial charge in [0.2, 0.25) is 0 Å². The van der Waals surface area contributed by atoms with Crippen LogP contribution in [0.3, 0.4) is 0 Å². The standard InChI is InChI=1S/C17H28N2O/c1-14(2)13-19-9-7-16(8-10-19)18-12-15-5-4-6-17(11-15)20-3/h4-6,11,14,16,18H,7-10,12-13H2,1-3H3. The third-order valence-electron chi connectivity index (χ3n) is 3.94. The number of benzene rings is 1. The highest BCUT2D eigenvalue weighted by atomic mass is 16.5. The number of likely N-dealkylation sites (tertiary alicyclic amines) is 1. The Balaban J connectivity index is 1.73. The second-order valence-electron chi connectivity index (χ2n) is 6.20. The van der Waals surface area contributed by atoms with Gasteiger partial charge in [0.1, 0.15) is 5.75 Å². The highest BCUT2D eigenvalue weighted by Gasteiger charge is 2.18. The molecule has 3 nitrogen and oxygen atoms in total. The normalized spacial score (nSPS) is 17.6. The van der Waals surface area contributed by atoms with Gasteiger partial charge >= 0.3 is 0 Å². The average Bonchev–Trinajstić information content (AvgIpc) is 2.46. The van der Waals surface area contributed by atoms with Crippen molar-refractivity contribution in [2.45, 2.75) is 39.3 Å². The largest absolute Gasteiger partial charge is 0.497 e. The Morgan fingerprint density at radius 3 is 2.70 bits per heavy atom. The predicted molar refractivity (Wildman–Crippen MR) is 84.1 cm³/mol. The number of hydrogen-bond acceptors (Lipinski definition) is 3. The van der Waals surface area contributed by atoms with Crippen LogP contribution in [-0.4, -0.2) is 37.7 Å². The molecule has 1 aliphatic rings. The topological polar surface area (TPSA) is 24.5 Å². The molecular weight excluding hydrogens is 248 g/mol.